The number of rotatable bonds is 3. The third kappa shape index (κ3) is 3.07. The first-order valence-corrected chi connectivity index (χ1v) is 3.94. The first-order valence-electron chi connectivity index (χ1n) is 3.94. The molecule has 0 spiro atoms. The Morgan fingerprint density at radius 1 is 1.54 bits per heavy atom. The first kappa shape index (κ1) is 9.45. The average molecular weight is 176 g/mol. The quantitative estimate of drug-likeness (QED) is 0.754. The van der Waals surface area contributed by atoms with Gasteiger partial charge in [-0.3, -0.25) is 9.59 Å². The minimum atomic E-state index is -0.118. The zero-order chi connectivity index (χ0) is 9.68. The van der Waals surface area contributed by atoms with E-state index in [9.17, 15) is 9.59 Å². The molecular weight excluding hydrogens is 166 g/mol. The van der Waals surface area contributed by atoms with Gasteiger partial charge in [-0.2, -0.15) is 0 Å². The van der Waals surface area contributed by atoms with Crippen LogP contribution in [0.1, 0.15) is 12.5 Å². The van der Waals surface area contributed by atoms with E-state index in [-0.39, 0.29) is 12.3 Å². The van der Waals surface area contributed by atoms with Gasteiger partial charge >= 0.3 is 0 Å². The van der Waals surface area contributed by atoms with Crippen molar-refractivity contribution in [2.45, 2.75) is 13.3 Å². The molecule has 1 radical (unpaired) electrons. The Balaban J connectivity index is 2.78. The van der Waals surface area contributed by atoms with Crippen LogP contribution in [0.4, 0.5) is 5.69 Å². The summed E-state index contributed by atoms with van der Waals surface area (Å²) < 4.78 is 0. The Hall–Kier alpha value is -1.64. The highest BCUT2D eigenvalue weighted by atomic mass is 16.1. The molecule has 1 aromatic rings. The van der Waals surface area contributed by atoms with E-state index in [0.717, 1.165) is 5.56 Å². The molecule has 0 aliphatic heterocycles. The predicted molar refractivity (Wildman–Crippen MR) is 50.1 cm³/mol. The van der Waals surface area contributed by atoms with E-state index in [1.165, 1.54) is 6.92 Å². The van der Waals surface area contributed by atoms with E-state index in [4.69, 9.17) is 0 Å². The maximum absolute atomic E-state index is 10.7. The van der Waals surface area contributed by atoms with Gasteiger partial charge in [0.1, 0.15) is 0 Å². The highest BCUT2D eigenvalue weighted by Crippen LogP contribution is 2.10. The zero-order valence-electron chi connectivity index (χ0n) is 7.33. The first-order chi connectivity index (χ1) is 6.22. The van der Waals surface area contributed by atoms with Crippen molar-refractivity contribution in [1.82, 2.24) is 0 Å². The van der Waals surface area contributed by atoms with Gasteiger partial charge < -0.3 is 5.32 Å². The van der Waals surface area contributed by atoms with Gasteiger partial charge in [0, 0.05) is 19.0 Å². The molecule has 0 unspecified atom stereocenters. The third-order valence-corrected chi connectivity index (χ3v) is 1.52. The zero-order valence-corrected chi connectivity index (χ0v) is 7.33. The van der Waals surface area contributed by atoms with Crippen LogP contribution in [-0.4, -0.2) is 12.2 Å². The molecule has 0 fully saturated rings. The van der Waals surface area contributed by atoms with Gasteiger partial charge in [-0.15, -0.1) is 0 Å². The minimum Gasteiger partial charge on any atom is -0.326 e. The minimum absolute atomic E-state index is 0.118. The Morgan fingerprint density at radius 2 is 2.31 bits per heavy atom. The Morgan fingerprint density at radius 3 is 2.92 bits per heavy atom. The molecule has 1 N–H and O–H groups in total. The fourth-order valence-corrected chi connectivity index (χ4v) is 1.05. The van der Waals surface area contributed by atoms with Gasteiger partial charge in [0.25, 0.3) is 0 Å². The van der Waals surface area contributed by atoms with E-state index in [1.807, 2.05) is 6.07 Å². The molecule has 3 heteroatoms. The smallest absolute Gasteiger partial charge is 0.221 e. The third-order valence-electron chi connectivity index (χ3n) is 1.52. The number of benzene rings is 1. The number of anilines is 1. The Labute approximate surface area is 76.8 Å². The highest BCUT2D eigenvalue weighted by molar-refractivity contribution is 5.88. The lowest BCUT2D eigenvalue weighted by Crippen LogP contribution is -2.05. The number of hydrogen-bond acceptors (Lipinski definition) is 2. The van der Waals surface area contributed by atoms with Gasteiger partial charge in [0.2, 0.25) is 12.2 Å². The molecule has 0 aliphatic rings. The van der Waals surface area contributed by atoms with Crippen LogP contribution >= 0.6 is 0 Å². The van der Waals surface area contributed by atoms with Gasteiger partial charge in [-0.05, 0) is 17.7 Å². The van der Waals surface area contributed by atoms with Crippen LogP contribution in [0.2, 0.25) is 0 Å². The second-order valence-corrected chi connectivity index (χ2v) is 2.70. The van der Waals surface area contributed by atoms with E-state index >= 15 is 0 Å². The summed E-state index contributed by atoms with van der Waals surface area (Å²) >= 11 is 0. The van der Waals surface area contributed by atoms with Gasteiger partial charge in [-0.25, -0.2) is 0 Å². The molecule has 0 saturated carbocycles. The summed E-state index contributed by atoms with van der Waals surface area (Å²) in [4.78, 5) is 20.8. The van der Waals surface area contributed by atoms with Crippen LogP contribution in [0.15, 0.2) is 24.3 Å². The molecule has 67 valence electrons. The lowest BCUT2D eigenvalue weighted by Gasteiger charge is -2.02. The number of amides is 1. The van der Waals surface area contributed by atoms with Crippen molar-refractivity contribution < 1.29 is 9.59 Å². The number of hydrogen-bond donors (Lipinski definition) is 1. The Kier molecular flexibility index (Phi) is 3.20. The molecule has 0 aliphatic carbocycles. The molecule has 0 bridgehead atoms. The normalized spacial score (nSPS) is 9.31. The van der Waals surface area contributed by atoms with Crippen LogP contribution in [0.5, 0.6) is 0 Å². The summed E-state index contributed by atoms with van der Waals surface area (Å²) in [6.45, 7) is 1.44. The van der Waals surface area contributed by atoms with Crippen molar-refractivity contribution in [3.63, 3.8) is 0 Å². The van der Waals surface area contributed by atoms with Crippen molar-refractivity contribution in [2.24, 2.45) is 0 Å². The van der Waals surface area contributed by atoms with Crippen molar-refractivity contribution >= 4 is 17.9 Å². The van der Waals surface area contributed by atoms with Gasteiger partial charge in [-0.1, -0.05) is 12.1 Å². The predicted octanol–water partition coefficient (Wildman–Crippen LogP) is 1.30. The summed E-state index contributed by atoms with van der Waals surface area (Å²) in [6.07, 6.45) is 2.06. The molecule has 13 heavy (non-hydrogen) atoms. The molecule has 0 atom stereocenters. The maximum Gasteiger partial charge on any atom is 0.221 e. The number of carbonyl (C=O) groups is 1. The molecule has 0 aromatic heterocycles. The molecule has 1 aromatic carbocycles. The van der Waals surface area contributed by atoms with Crippen molar-refractivity contribution in [1.29, 1.82) is 0 Å². The van der Waals surface area contributed by atoms with E-state index < -0.39 is 0 Å². The summed E-state index contributed by atoms with van der Waals surface area (Å²) in [5, 5.41) is 2.63. The van der Waals surface area contributed by atoms with Crippen LogP contribution in [0, 0.1) is 0 Å². The SMILES string of the molecule is CC(=O)Nc1cccc(C[C]=O)c1. The van der Waals surface area contributed by atoms with Crippen LogP contribution in [0.25, 0.3) is 0 Å². The van der Waals surface area contributed by atoms with Crippen LogP contribution in [0.3, 0.4) is 0 Å². The van der Waals surface area contributed by atoms with E-state index in [2.05, 4.69) is 5.32 Å². The molecule has 1 amide bonds. The summed E-state index contributed by atoms with van der Waals surface area (Å²) in [6, 6.07) is 7.14. The van der Waals surface area contributed by atoms with Crippen molar-refractivity contribution in [2.75, 3.05) is 5.32 Å². The lowest BCUT2D eigenvalue weighted by atomic mass is 10.1. The summed E-state index contributed by atoms with van der Waals surface area (Å²) in [5.41, 5.74) is 1.56. The topological polar surface area (TPSA) is 46.2 Å². The second kappa shape index (κ2) is 4.40. The van der Waals surface area contributed by atoms with Gasteiger partial charge in [0.05, 0.1) is 0 Å². The van der Waals surface area contributed by atoms with Crippen molar-refractivity contribution in [3.8, 4) is 0 Å². The maximum atomic E-state index is 10.7. The fraction of sp³-hybridized carbons (Fsp3) is 0.200. The van der Waals surface area contributed by atoms with Gasteiger partial charge in [0.15, 0.2) is 0 Å². The largest absolute Gasteiger partial charge is 0.326 e. The standard InChI is InChI=1S/C10H10NO2/c1-8(13)11-10-4-2-3-9(7-10)5-6-12/h2-4,7H,5H2,1H3,(H,11,13). The molecule has 3 nitrogen and oxygen atoms in total. The summed E-state index contributed by atoms with van der Waals surface area (Å²) in [7, 11) is 0. The molecule has 0 heterocycles. The highest BCUT2D eigenvalue weighted by Gasteiger charge is 1.96. The van der Waals surface area contributed by atoms with Crippen LogP contribution in [-0.2, 0) is 16.0 Å². The van der Waals surface area contributed by atoms with Crippen LogP contribution < -0.4 is 5.32 Å². The lowest BCUT2D eigenvalue weighted by molar-refractivity contribution is -0.114. The monoisotopic (exact) mass is 176 g/mol. The molecule has 0 saturated heterocycles. The Bertz CT molecular complexity index is 320. The second-order valence-electron chi connectivity index (χ2n) is 2.70. The van der Waals surface area contributed by atoms with E-state index in [0.29, 0.717) is 5.69 Å². The summed E-state index contributed by atoms with van der Waals surface area (Å²) in [5.74, 6) is -0.118. The fourth-order valence-electron chi connectivity index (χ4n) is 1.05. The average Bonchev–Trinajstić information content (AvgIpc) is 2.04. The number of nitrogens with one attached hydrogen (secondary N) is 1. The molecular formula is C10H10NO2. The molecule has 1 rings (SSSR count). The van der Waals surface area contributed by atoms with Crippen molar-refractivity contribution in [3.05, 3.63) is 29.8 Å². The number of carbonyl (C=O) groups excluding carboxylic acids is 2. The van der Waals surface area contributed by atoms with E-state index in [1.54, 1.807) is 24.5 Å².